The van der Waals surface area contributed by atoms with E-state index in [1.165, 1.54) is 0 Å². The Morgan fingerprint density at radius 2 is 2.33 bits per heavy atom. The van der Waals surface area contributed by atoms with E-state index in [9.17, 15) is 4.79 Å². The van der Waals surface area contributed by atoms with E-state index in [0.29, 0.717) is 0 Å². The lowest BCUT2D eigenvalue weighted by atomic mass is 10.1. The minimum atomic E-state index is 0.0170. The molecule has 2 amide bonds. The Hall–Kier alpha value is -2.04. The number of aryl methyl sites for hydroxylation is 1. The van der Waals surface area contributed by atoms with Gasteiger partial charge in [0.2, 0.25) is 0 Å². The highest BCUT2D eigenvalue weighted by atomic mass is 16.2. The van der Waals surface area contributed by atoms with Crippen LogP contribution in [0.2, 0.25) is 0 Å². The summed E-state index contributed by atoms with van der Waals surface area (Å²) in [6.07, 6.45) is 0. The van der Waals surface area contributed by atoms with E-state index in [1.807, 2.05) is 30.9 Å². The number of imidazole rings is 1. The summed E-state index contributed by atoms with van der Waals surface area (Å²) in [7, 11) is 0. The van der Waals surface area contributed by atoms with Gasteiger partial charge in [-0.25, -0.2) is 9.78 Å². The number of carbonyl (C=O) groups is 1. The van der Waals surface area contributed by atoms with Gasteiger partial charge in [-0.1, -0.05) is 6.07 Å². The smallest absolute Gasteiger partial charge is 0.318 e. The third-order valence-electron chi connectivity index (χ3n) is 3.40. The second-order valence-corrected chi connectivity index (χ2v) is 4.64. The number of nitrogens with zero attached hydrogens (tertiary/aromatic N) is 2. The second kappa shape index (κ2) is 4.01. The number of rotatable bonds is 2. The van der Waals surface area contributed by atoms with Gasteiger partial charge in [0.05, 0.1) is 17.1 Å². The van der Waals surface area contributed by atoms with Crippen molar-refractivity contribution >= 4 is 17.1 Å². The van der Waals surface area contributed by atoms with Gasteiger partial charge in [-0.2, -0.15) is 0 Å². The van der Waals surface area contributed by atoms with E-state index < -0.39 is 0 Å². The van der Waals surface area contributed by atoms with E-state index in [2.05, 4.69) is 21.4 Å². The number of amides is 2. The molecule has 1 aliphatic heterocycles. The van der Waals surface area contributed by atoms with E-state index in [1.54, 1.807) is 0 Å². The number of nitrogens with one attached hydrogen (secondary N) is 2. The number of carbonyl (C=O) groups excluding carboxylic acids is 1. The molecule has 2 aromatic rings. The monoisotopic (exact) mass is 244 g/mol. The molecule has 0 aliphatic carbocycles. The Balaban J connectivity index is 1.93. The van der Waals surface area contributed by atoms with Crippen molar-refractivity contribution in [1.82, 2.24) is 20.2 Å². The summed E-state index contributed by atoms with van der Waals surface area (Å²) in [6, 6.07) is 6.19. The first kappa shape index (κ1) is 11.1. The van der Waals surface area contributed by atoms with Crippen molar-refractivity contribution < 1.29 is 4.79 Å². The van der Waals surface area contributed by atoms with E-state index in [-0.39, 0.29) is 12.1 Å². The molecular formula is C13H16N4O. The standard InChI is InChI=1S/C13H16N4O/c1-3-17-7-12(16-13(17)18)9-4-5-10-11(6-9)15-8(2)14-10/h4-6,12H,3,7H2,1-2H3,(H,14,15)(H,16,18). The van der Waals surface area contributed by atoms with Crippen molar-refractivity contribution in [2.45, 2.75) is 19.9 Å². The third kappa shape index (κ3) is 1.72. The number of fused-ring (bicyclic) bond motifs is 1. The fraction of sp³-hybridized carbons (Fsp3) is 0.385. The number of likely N-dealkylation sites (N-methyl/N-ethyl adjacent to an activating group) is 1. The van der Waals surface area contributed by atoms with Crippen LogP contribution in [0.5, 0.6) is 0 Å². The van der Waals surface area contributed by atoms with Crippen molar-refractivity contribution in [2.24, 2.45) is 0 Å². The van der Waals surface area contributed by atoms with Crippen LogP contribution in [0.1, 0.15) is 24.4 Å². The van der Waals surface area contributed by atoms with Gasteiger partial charge in [-0.05, 0) is 31.5 Å². The highest BCUT2D eigenvalue weighted by molar-refractivity contribution is 5.79. The van der Waals surface area contributed by atoms with Gasteiger partial charge in [-0.15, -0.1) is 0 Å². The first-order valence-corrected chi connectivity index (χ1v) is 6.19. The number of aromatic nitrogens is 2. The lowest BCUT2D eigenvalue weighted by molar-refractivity contribution is 0.219. The highest BCUT2D eigenvalue weighted by Crippen LogP contribution is 2.23. The minimum Gasteiger partial charge on any atom is -0.342 e. The lowest BCUT2D eigenvalue weighted by Gasteiger charge is -2.11. The molecule has 2 heterocycles. The van der Waals surface area contributed by atoms with Crippen molar-refractivity contribution in [3.05, 3.63) is 29.6 Å². The van der Waals surface area contributed by atoms with Gasteiger partial charge in [0, 0.05) is 13.1 Å². The van der Waals surface area contributed by atoms with E-state index >= 15 is 0 Å². The van der Waals surface area contributed by atoms with E-state index in [4.69, 9.17) is 0 Å². The minimum absolute atomic E-state index is 0.0170. The van der Waals surface area contributed by atoms with Crippen LogP contribution >= 0.6 is 0 Å². The first-order valence-electron chi connectivity index (χ1n) is 6.19. The van der Waals surface area contributed by atoms with Crippen LogP contribution in [0.4, 0.5) is 4.79 Å². The molecule has 1 saturated heterocycles. The molecule has 94 valence electrons. The van der Waals surface area contributed by atoms with Crippen molar-refractivity contribution in [3.63, 3.8) is 0 Å². The Kier molecular flexibility index (Phi) is 2.47. The summed E-state index contributed by atoms with van der Waals surface area (Å²) in [5, 5.41) is 3.00. The summed E-state index contributed by atoms with van der Waals surface area (Å²) >= 11 is 0. The lowest BCUT2D eigenvalue weighted by Crippen LogP contribution is -2.27. The fourth-order valence-electron chi connectivity index (χ4n) is 2.42. The van der Waals surface area contributed by atoms with Crippen LogP contribution in [-0.4, -0.2) is 34.0 Å². The molecule has 1 aromatic carbocycles. The second-order valence-electron chi connectivity index (χ2n) is 4.64. The van der Waals surface area contributed by atoms with Crippen LogP contribution in [-0.2, 0) is 0 Å². The predicted octanol–water partition coefficient (Wildman–Crippen LogP) is 1.96. The van der Waals surface area contributed by atoms with E-state index in [0.717, 1.165) is 35.5 Å². The molecule has 1 unspecified atom stereocenters. The van der Waals surface area contributed by atoms with Gasteiger partial charge in [0.1, 0.15) is 5.82 Å². The molecule has 5 nitrogen and oxygen atoms in total. The van der Waals surface area contributed by atoms with Gasteiger partial charge in [0.15, 0.2) is 0 Å². The quantitative estimate of drug-likeness (QED) is 0.848. The Bertz CT molecular complexity index is 604. The molecule has 0 radical (unpaired) electrons. The maximum atomic E-state index is 11.7. The van der Waals surface area contributed by atoms with Crippen LogP contribution in [0.3, 0.4) is 0 Å². The van der Waals surface area contributed by atoms with Crippen molar-refractivity contribution in [3.8, 4) is 0 Å². The Morgan fingerprint density at radius 3 is 3.06 bits per heavy atom. The normalized spacial score (nSPS) is 19.6. The number of aromatic amines is 1. The molecule has 3 rings (SSSR count). The topological polar surface area (TPSA) is 61.0 Å². The summed E-state index contributed by atoms with van der Waals surface area (Å²) in [5.74, 6) is 0.910. The number of benzene rings is 1. The van der Waals surface area contributed by atoms with Crippen LogP contribution in [0.15, 0.2) is 18.2 Å². The summed E-state index contributed by atoms with van der Waals surface area (Å²) < 4.78 is 0. The Morgan fingerprint density at radius 1 is 1.50 bits per heavy atom. The van der Waals surface area contributed by atoms with Gasteiger partial charge < -0.3 is 15.2 Å². The average molecular weight is 244 g/mol. The molecule has 1 fully saturated rings. The number of hydrogen-bond donors (Lipinski definition) is 2. The number of H-pyrrole nitrogens is 1. The molecule has 18 heavy (non-hydrogen) atoms. The molecular weight excluding hydrogens is 228 g/mol. The molecule has 1 atom stereocenters. The van der Waals surface area contributed by atoms with Gasteiger partial charge >= 0.3 is 6.03 Å². The fourth-order valence-corrected chi connectivity index (χ4v) is 2.42. The Labute approximate surface area is 105 Å². The third-order valence-corrected chi connectivity index (χ3v) is 3.40. The maximum Gasteiger partial charge on any atom is 0.318 e. The van der Waals surface area contributed by atoms with Crippen LogP contribution in [0, 0.1) is 6.92 Å². The SMILES string of the molecule is CCN1CC(c2ccc3nc(C)[nH]c3c2)NC1=O. The summed E-state index contributed by atoms with van der Waals surface area (Å²) in [6.45, 7) is 5.40. The number of urea groups is 1. The molecule has 5 heteroatoms. The van der Waals surface area contributed by atoms with Crippen molar-refractivity contribution in [2.75, 3.05) is 13.1 Å². The molecule has 0 bridgehead atoms. The zero-order chi connectivity index (χ0) is 12.7. The molecule has 0 spiro atoms. The van der Waals surface area contributed by atoms with Gasteiger partial charge in [0.25, 0.3) is 0 Å². The molecule has 0 saturated carbocycles. The summed E-state index contributed by atoms with van der Waals surface area (Å²) in [4.78, 5) is 21.1. The zero-order valence-electron chi connectivity index (χ0n) is 10.5. The van der Waals surface area contributed by atoms with Crippen molar-refractivity contribution in [1.29, 1.82) is 0 Å². The predicted molar refractivity (Wildman–Crippen MR) is 69.4 cm³/mol. The molecule has 1 aromatic heterocycles. The maximum absolute atomic E-state index is 11.7. The summed E-state index contributed by atoms with van der Waals surface area (Å²) in [5.41, 5.74) is 3.11. The largest absolute Gasteiger partial charge is 0.342 e. The number of hydrogen-bond acceptors (Lipinski definition) is 2. The first-order chi connectivity index (χ1) is 8.67. The zero-order valence-corrected chi connectivity index (χ0v) is 10.5. The van der Waals surface area contributed by atoms with Crippen LogP contribution < -0.4 is 5.32 Å². The molecule has 2 N–H and O–H groups in total. The average Bonchev–Trinajstić information content (AvgIpc) is 2.89. The van der Waals surface area contributed by atoms with Gasteiger partial charge in [-0.3, -0.25) is 0 Å². The van der Waals surface area contributed by atoms with Crippen LogP contribution in [0.25, 0.3) is 11.0 Å². The highest BCUT2D eigenvalue weighted by Gasteiger charge is 2.28. The molecule has 1 aliphatic rings.